The summed E-state index contributed by atoms with van der Waals surface area (Å²) in [5.74, 6) is -0.306. The largest absolute Gasteiger partial charge is 0.443 e. The lowest BCUT2D eigenvalue weighted by Gasteiger charge is -2.25. The molecule has 1 N–H and O–H groups in total. The smallest absolute Gasteiger partial charge is 0.417 e. The van der Waals surface area contributed by atoms with Crippen LogP contribution in [0.1, 0.15) is 49.5 Å². The Hall–Kier alpha value is -1.95. The normalized spacial score (nSPS) is 17.8. The van der Waals surface area contributed by atoms with Crippen molar-refractivity contribution in [1.29, 1.82) is 0 Å². The van der Waals surface area contributed by atoms with E-state index in [1.54, 1.807) is 32.9 Å². The third-order valence-corrected chi connectivity index (χ3v) is 3.67. The standard InChI is InChI=1S/C13H15NO3.C5H10FN/c1-13(2,3)17-12(16)14-8-9-4-6-10(7-5-9)11(14)15;6-5-1-3-7-4-2-5/h4-7H,8H2,1-3H3;5,7H,1-4H2. The van der Waals surface area contributed by atoms with E-state index in [0.717, 1.165) is 23.6 Å². The molecule has 132 valence electrons. The van der Waals surface area contributed by atoms with Gasteiger partial charge in [-0.1, -0.05) is 12.1 Å². The lowest BCUT2D eigenvalue weighted by Crippen LogP contribution is -2.39. The minimum absolute atomic E-state index is 0.268. The monoisotopic (exact) mass is 336 g/mol. The number of amides is 2. The summed E-state index contributed by atoms with van der Waals surface area (Å²) in [4.78, 5) is 25.0. The highest BCUT2D eigenvalue weighted by Gasteiger charge is 2.29. The van der Waals surface area contributed by atoms with Crippen LogP contribution >= 0.6 is 0 Å². The Kier molecular flexibility index (Phi) is 5.94. The number of carbonyl (C=O) groups is 2. The van der Waals surface area contributed by atoms with E-state index in [1.165, 1.54) is 0 Å². The van der Waals surface area contributed by atoms with Crippen LogP contribution in [-0.2, 0) is 11.3 Å². The van der Waals surface area contributed by atoms with E-state index < -0.39 is 17.9 Å². The molecule has 6 heteroatoms. The number of rotatable bonds is 0. The predicted octanol–water partition coefficient (Wildman–Crippen LogP) is 3.29. The summed E-state index contributed by atoms with van der Waals surface area (Å²) >= 11 is 0. The maximum atomic E-state index is 12.1. The van der Waals surface area contributed by atoms with Crippen molar-refractivity contribution in [2.45, 2.75) is 51.9 Å². The minimum Gasteiger partial charge on any atom is -0.443 e. The van der Waals surface area contributed by atoms with E-state index in [4.69, 9.17) is 4.74 Å². The minimum atomic E-state index is -0.598. The van der Waals surface area contributed by atoms with Crippen molar-refractivity contribution >= 4 is 12.0 Å². The molecule has 0 unspecified atom stereocenters. The average Bonchev–Trinajstić information content (AvgIpc) is 2.76. The quantitative estimate of drug-likeness (QED) is 0.790. The van der Waals surface area contributed by atoms with Crippen LogP contribution in [0.4, 0.5) is 9.18 Å². The highest BCUT2D eigenvalue weighted by Crippen LogP contribution is 2.19. The average molecular weight is 336 g/mol. The van der Waals surface area contributed by atoms with E-state index in [2.05, 4.69) is 5.32 Å². The van der Waals surface area contributed by atoms with Crippen molar-refractivity contribution in [3.05, 3.63) is 35.4 Å². The van der Waals surface area contributed by atoms with Crippen molar-refractivity contribution in [2.24, 2.45) is 0 Å². The van der Waals surface area contributed by atoms with Crippen molar-refractivity contribution < 1.29 is 18.7 Å². The molecule has 0 radical (unpaired) electrons. The summed E-state index contributed by atoms with van der Waals surface area (Å²) < 4.78 is 17.4. The van der Waals surface area contributed by atoms with Gasteiger partial charge in [0.15, 0.2) is 0 Å². The number of alkyl halides is 1. The van der Waals surface area contributed by atoms with E-state index in [9.17, 15) is 14.0 Å². The van der Waals surface area contributed by atoms with Gasteiger partial charge in [0.2, 0.25) is 0 Å². The number of carbonyl (C=O) groups excluding carboxylic acids is 2. The van der Waals surface area contributed by atoms with Crippen LogP contribution in [0.25, 0.3) is 0 Å². The van der Waals surface area contributed by atoms with Gasteiger partial charge in [-0.2, -0.15) is 0 Å². The van der Waals surface area contributed by atoms with Crippen LogP contribution in [0.5, 0.6) is 0 Å². The lowest BCUT2D eigenvalue weighted by molar-refractivity contribution is 0.0230. The van der Waals surface area contributed by atoms with Gasteiger partial charge in [0.05, 0.1) is 6.54 Å². The summed E-state index contributed by atoms with van der Waals surface area (Å²) in [6.45, 7) is 7.32. The fraction of sp³-hybridized carbons (Fsp3) is 0.556. The topological polar surface area (TPSA) is 58.6 Å². The van der Waals surface area contributed by atoms with Gasteiger partial charge in [0.25, 0.3) is 5.91 Å². The number of piperidine rings is 1. The molecule has 1 fully saturated rings. The predicted molar refractivity (Wildman–Crippen MR) is 89.5 cm³/mol. The van der Waals surface area contributed by atoms with Gasteiger partial charge in [-0.3, -0.25) is 4.79 Å². The Labute approximate surface area is 142 Å². The second-order valence-electron chi connectivity index (χ2n) is 6.99. The number of halogens is 1. The van der Waals surface area contributed by atoms with Gasteiger partial charge in [0.1, 0.15) is 11.8 Å². The summed E-state index contributed by atoms with van der Waals surface area (Å²) in [5.41, 5.74) is 0.835. The number of hydrogen-bond donors (Lipinski definition) is 1. The fourth-order valence-corrected chi connectivity index (χ4v) is 2.41. The van der Waals surface area contributed by atoms with Gasteiger partial charge in [0, 0.05) is 5.56 Å². The fourth-order valence-electron chi connectivity index (χ4n) is 2.41. The molecule has 1 aromatic rings. The Morgan fingerprint density at radius 2 is 1.79 bits per heavy atom. The van der Waals surface area contributed by atoms with E-state index >= 15 is 0 Å². The summed E-state index contributed by atoms with van der Waals surface area (Å²) in [6, 6.07) is 7.14. The Morgan fingerprint density at radius 1 is 1.21 bits per heavy atom. The van der Waals surface area contributed by atoms with Crippen LogP contribution < -0.4 is 5.32 Å². The van der Waals surface area contributed by atoms with Crippen molar-refractivity contribution in [3.8, 4) is 0 Å². The van der Waals surface area contributed by atoms with Crippen LogP contribution in [0.3, 0.4) is 0 Å². The van der Waals surface area contributed by atoms with Gasteiger partial charge < -0.3 is 10.1 Å². The highest BCUT2D eigenvalue weighted by atomic mass is 19.1. The summed E-state index contributed by atoms with van der Waals surface area (Å²) in [6.07, 6.45) is 0.297. The molecule has 0 aromatic heterocycles. The molecule has 0 saturated carbocycles. The van der Waals surface area contributed by atoms with Crippen LogP contribution in [0.2, 0.25) is 0 Å². The molecule has 2 amide bonds. The maximum Gasteiger partial charge on any atom is 0.417 e. The first-order chi connectivity index (χ1) is 11.3. The molecule has 4 rings (SSSR count). The van der Waals surface area contributed by atoms with Gasteiger partial charge in [-0.05, 0) is 64.4 Å². The maximum absolute atomic E-state index is 12.1. The Bertz CT molecular complexity index is 575. The SMILES string of the molecule is CC(C)(C)OC(=O)N1Cc2ccc(cc2)C1=O.FC1CCNCC1. The molecule has 3 aliphatic heterocycles. The molecule has 5 nitrogen and oxygen atoms in total. The molecule has 0 atom stereocenters. The number of ether oxygens (including phenoxy) is 1. The number of nitrogens with one attached hydrogen (secondary N) is 1. The molecule has 0 spiro atoms. The first kappa shape index (κ1) is 18.4. The van der Waals surface area contributed by atoms with E-state index in [1.807, 2.05) is 12.1 Å². The van der Waals surface area contributed by atoms with Crippen molar-refractivity contribution in [2.75, 3.05) is 13.1 Å². The molecule has 1 aromatic carbocycles. The first-order valence-electron chi connectivity index (χ1n) is 8.25. The van der Waals surface area contributed by atoms with E-state index in [-0.39, 0.29) is 12.5 Å². The number of fused-ring (bicyclic) bond motifs is 4. The Morgan fingerprint density at radius 3 is 2.25 bits per heavy atom. The van der Waals surface area contributed by atoms with Crippen molar-refractivity contribution in [1.82, 2.24) is 10.2 Å². The summed E-state index contributed by atoms with van der Waals surface area (Å²) in [7, 11) is 0. The third kappa shape index (κ3) is 5.30. The molecular formula is C18H25FN2O3. The molecule has 3 aliphatic rings. The highest BCUT2D eigenvalue weighted by molar-refractivity contribution is 6.03. The molecular weight excluding hydrogens is 311 g/mol. The van der Waals surface area contributed by atoms with Gasteiger partial charge in [-0.25, -0.2) is 14.1 Å². The molecule has 0 aliphatic carbocycles. The zero-order valence-corrected chi connectivity index (χ0v) is 14.5. The summed E-state index contributed by atoms with van der Waals surface area (Å²) in [5, 5.41) is 3.08. The first-order valence-corrected chi connectivity index (χ1v) is 8.25. The molecule has 24 heavy (non-hydrogen) atoms. The van der Waals surface area contributed by atoms with Crippen LogP contribution in [-0.4, -0.2) is 41.8 Å². The number of imide groups is 1. The lowest BCUT2D eigenvalue weighted by atomic mass is 10.1. The number of hydrogen-bond acceptors (Lipinski definition) is 4. The number of benzene rings is 1. The third-order valence-electron chi connectivity index (χ3n) is 3.67. The second-order valence-corrected chi connectivity index (χ2v) is 6.99. The van der Waals surface area contributed by atoms with Crippen LogP contribution in [0, 0.1) is 0 Å². The Balaban J connectivity index is 0.000000249. The number of nitrogens with zero attached hydrogens (tertiary/aromatic N) is 1. The van der Waals surface area contributed by atoms with Crippen molar-refractivity contribution in [3.63, 3.8) is 0 Å². The zero-order chi connectivity index (χ0) is 17.7. The van der Waals surface area contributed by atoms with Crippen LogP contribution in [0.15, 0.2) is 24.3 Å². The molecule has 3 heterocycles. The van der Waals surface area contributed by atoms with Gasteiger partial charge in [-0.15, -0.1) is 0 Å². The van der Waals surface area contributed by atoms with E-state index in [0.29, 0.717) is 18.4 Å². The van der Waals surface area contributed by atoms with Gasteiger partial charge >= 0.3 is 6.09 Å². The molecule has 1 saturated heterocycles. The molecule has 2 bridgehead atoms. The zero-order valence-electron chi connectivity index (χ0n) is 14.5. The second kappa shape index (κ2) is 7.75.